The van der Waals surface area contributed by atoms with Crippen molar-refractivity contribution >= 4 is 28.1 Å². The van der Waals surface area contributed by atoms with Crippen LogP contribution in [0.25, 0.3) is 0 Å². The van der Waals surface area contributed by atoms with Crippen molar-refractivity contribution < 1.29 is 4.79 Å². The smallest absolute Gasteiger partial charge is 0.229 e. The first-order valence-corrected chi connectivity index (χ1v) is 10.6. The number of aromatic nitrogens is 2. The van der Waals surface area contributed by atoms with Crippen LogP contribution in [0, 0.1) is 5.92 Å². The molecule has 0 bridgehead atoms. The number of nitrogens with one attached hydrogen (secondary N) is 1. The van der Waals surface area contributed by atoms with Crippen LogP contribution in [-0.2, 0) is 4.79 Å². The normalized spacial score (nSPS) is 19.5. The van der Waals surface area contributed by atoms with Crippen LogP contribution in [0.4, 0.5) is 10.8 Å². The molecule has 2 fully saturated rings. The van der Waals surface area contributed by atoms with E-state index in [0.717, 1.165) is 30.9 Å². The molecule has 1 saturated carbocycles. The number of carbonyl (C=O) groups is 1. The van der Waals surface area contributed by atoms with Gasteiger partial charge in [0.15, 0.2) is 0 Å². The molecule has 0 atom stereocenters. The molecule has 4 rings (SSSR count). The molecule has 1 aromatic heterocycles. The highest BCUT2D eigenvalue weighted by atomic mass is 32.1. The van der Waals surface area contributed by atoms with Gasteiger partial charge >= 0.3 is 0 Å². The van der Waals surface area contributed by atoms with Crippen LogP contribution < -0.4 is 10.2 Å². The molecule has 2 heterocycles. The quantitative estimate of drug-likeness (QED) is 0.864. The monoisotopic (exact) mass is 370 g/mol. The van der Waals surface area contributed by atoms with E-state index in [1.807, 2.05) is 6.07 Å². The van der Waals surface area contributed by atoms with E-state index in [9.17, 15) is 4.79 Å². The Kier molecular flexibility index (Phi) is 5.48. The molecule has 1 aliphatic carbocycles. The van der Waals surface area contributed by atoms with Crippen molar-refractivity contribution in [1.82, 2.24) is 10.2 Å². The minimum absolute atomic E-state index is 0.0667. The lowest BCUT2D eigenvalue weighted by Gasteiger charge is -2.32. The first-order chi connectivity index (χ1) is 12.8. The Morgan fingerprint density at radius 1 is 1.00 bits per heavy atom. The third-order valence-corrected chi connectivity index (χ3v) is 6.61. The number of amides is 1. The van der Waals surface area contributed by atoms with Crippen LogP contribution in [0.1, 0.15) is 55.9 Å². The summed E-state index contributed by atoms with van der Waals surface area (Å²) in [6.07, 6.45) is 8.09. The van der Waals surface area contributed by atoms with Crippen LogP contribution in [-0.4, -0.2) is 29.2 Å². The van der Waals surface area contributed by atoms with Gasteiger partial charge in [-0.1, -0.05) is 48.8 Å². The van der Waals surface area contributed by atoms with Gasteiger partial charge in [0.1, 0.15) is 5.01 Å². The predicted octanol–water partition coefficient (Wildman–Crippen LogP) is 4.44. The molecule has 0 unspecified atom stereocenters. The molecular formula is C20H26N4OS. The van der Waals surface area contributed by atoms with Gasteiger partial charge < -0.3 is 10.2 Å². The number of piperidine rings is 1. The average Bonchev–Trinajstić information content (AvgIpc) is 3.18. The van der Waals surface area contributed by atoms with E-state index in [1.165, 1.54) is 37.8 Å². The van der Waals surface area contributed by atoms with Crippen LogP contribution in [0.15, 0.2) is 30.3 Å². The molecule has 0 spiro atoms. The molecule has 1 saturated heterocycles. The van der Waals surface area contributed by atoms with E-state index < -0.39 is 0 Å². The highest BCUT2D eigenvalue weighted by molar-refractivity contribution is 7.15. The molecule has 6 heteroatoms. The number of benzene rings is 1. The molecule has 26 heavy (non-hydrogen) atoms. The zero-order chi connectivity index (χ0) is 17.8. The van der Waals surface area contributed by atoms with Crippen molar-refractivity contribution in [3.63, 3.8) is 0 Å². The number of hydrogen-bond donors (Lipinski definition) is 1. The van der Waals surface area contributed by atoms with Gasteiger partial charge in [0.25, 0.3) is 0 Å². The fourth-order valence-electron chi connectivity index (χ4n) is 4.05. The number of hydrogen-bond acceptors (Lipinski definition) is 5. The maximum Gasteiger partial charge on any atom is 0.229 e. The summed E-state index contributed by atoms with van der Waals surface area (Å²) in [5, 5.41) is 13.3. The molecule has 1 N–H and O–H groups in total. The van der Waals surface area contributed by atoms with Crippen molar-refractivity contribution in [2.75, 3.05) is 23.3 Å². The zero-order valence-electron chi connectivity index (χ0n) is 15.1. The fourth-order valence-corrected chi connectivity index (χ4v) is 4.96. The van der Waals surface area contributed by atoms with Crippen LogP contribution in [0.5, 0.6) is 0 Å². The van der Waals surface area contributed by atoms with Crippen molar-refractivity contribution in [2.24, 2.45) is 5.92 Å². The SMILES string of the molecule is O=C(Nc1nnc(C2CCCCC2)s1)C1CCN(c2ccccc2)CC1. The number of anilines is 2. The second kappa shape index (κ2) is 8.16. The van der Waals surface area contributed by atoms with Gasteiger partial charge in [0.2, 0.25) is 11.0 Å². The molecule has 2 aromatic rings. The molecule has 1 aliphatic heterocycles. The first-order valence-electron chi connectivity index (χ1n) is 9.74. The largest absolute Gasteiger partial charge is 0.371 e. The lowest BCUT2D eigenvalue weighted by atomic mass is 9.90. The lowest BCUT2D eigenvalue weighted by molar-refractivity contribution is -0.120. The van der Waals surface area contributed by atoms with Gasteiger partial charge in [-0.2, -0.15) is 0 Å². The fraction of sp³-hybridized carbons (Fsp3) is 0.550. The van der Waals surface area contributed by atoms with Crippen molar-refractivity contribution in [2.45, 2.75) is 50.9 Å². The van der Waals surface area contributed by atoms with E-state index in [1.54, 1.807) is 11.3 Å². The van der Waals surface area contributed by atoms with E-state index in [0.29, 0.717) is 11.0 Å². The zero-order valence-corrected chi connectivity index (χ0v) is 15.9. The number of rotatable bonds is 4. The molecule has 2 aliphatic rings. The van der Waals surface area contributed by atoms with E-state index >= 15 is 0 Å². The summed E-state index contributed by atoms with van der Waals surface area (Å²) in [5.74, 6) is 0.710. The van der Waals surface area contributed by atoms with E-state index in [4.69, 9.17) is 0 Å². The molecule has 0 radical (unpaired) electrons. The van der Waals surface area contributed by atoms with Gasteiger partial charge in [-0.05, 0) is 37.8 Å². The lowest BCUT2D eigenvalue weighted by Crippen LogP contribution is -2.38. The third kappa shape index (κ3) is 4.06. The third-order valence-electron chi connectivity index (χ3n) is 5.61. The molecule has 1 amide bonds. The summed E-state index contributed by atoms with van der Waals surface area (Å²) in [7, 11) is 0. The van der Waals surface area contributed by atoms with Crippen molar-refractivity contribution in [1.29, 1.82) is 0 Å². The second-order valence-electron chi connectivity index (χ2n) is 7.37. The molecular weight excluding hydrogens is 344 g/mol. The van der Waals surface area contributed by atoms with Crippen molar-refractivity contribution in [3.05, 3.63) is 35.3 Å². The number of para-hydroxylation sites is 1. The summed E-state index contributed by atoms with van der Waals surface area (Å²) in [4.78, 5) is 15.0. The minimum Gasteiger partial charge on any atom is -0.371 e. The Labute approximate surface area is 158 Å². The van der Waals surface area contributed by atoms with Gasteiger partial charge in [0, 0.05) is 30.6 Å². The van der Waals surface area contributed by atoms with Gasteiger partial charge in [-0.15, -0.1) is 10.2 Å². The standard InChI is InChI=1S/C20H26N4OS/c25-18(15-11-13-24(14-12-15)17-9-5-2-6-10-17)21-20-23-22-19(26-20)16-7-3-1-4-8-16/h2,5-6,9-10,15-16H,1,3-4,7-8,11-14H2,(H,21,23,25). The maximum atomic E-state index is 12.6. The Hall–Kier alpha value is -1.95. The van der Waals surface area contributed by atoms with Crippen molar-refractivity contribution in [3.8, 4) is 0 Å². The van der Waals surface area contributed by atoms with Crippen LogP contribution >= 0.6 is 11.3 Å². The summed E-state index contributed by atoms with van der Waals surface area (Å²) in [5.41, 5.74) is 1.24. The topological polar surface area (TPSA) is 58.1 Å². The number of nitrogens with zero attached hydrogens (tertiary/aromatic N) is 3. The van der Waals surface area contributed by atoms with E-state index in [2.05, 4.69) is 44.7 Å². The molecule has 1 aromatic carbocycles. The Bertz CT molecular complexity index is 718. The Balaban J connectivity index is 1.30. The van der Waals surface area contributed by atoms with E-state index in [-0.39, 0.29) is 11.8 Å². The Morgan fingerprint density at radius 3 is 2.46 bits per heavy atom. The summed E-state index contributed by atoms with van der Waals surface area (Å²) < 4.78 is 0. The first kappa shape index (κ1) is 17.5. The second-order valence-corrected chi connectivity index (χ2v) is 8.38. The van der Waals surface area contributed by atoms with Gasteiger partial charge in [0.05, 0.1) is 0 Å². The van der Waals surface area contributed by atoms with Crippen LogP contribution in [0.3, 0.4) is 0 Å². The summed E-state index contributed by atoms with van der Waals surface area (Å²) >= 11 is 1.56. The van der Waals surface area contributed by atoms with Gasteiger partial charge in [-0.3, -0.25) is 4.79 Å². The summed E-state index contributed by atoms with van der Waals surface area (Å²) in [6.45, 7) is 1.84. The minimum atomic E-state index is 0.0667. The van der Waals surface area contributed by atoms with Gasteiger partial charge in [-0.25, -0.2) is 0 Å². The van der Waals surface area contributed by atoms with Crippen LogP contribution in [0.2, 0.25) is 0 Å². The molecule has 5 nitrogen and oxygen atoms in total. The maximum absolute atomic E-state index is 12.6. The highest BCUT2D eigenvalue weighted by Crippen LogP contribution is 2.35. The average molecular weight is 371 g/mol. The Morgan fingerprint density at radius 2 is 1.73 bits per heavy atom. The highest BCUT2D eigenvalue weighted by Gasteiger charge is 2.26. The molecule has 138 valence electrons. The predicted molar refractivity (Wildman–Crippen MR) is 106 cm³/mol. The number of carbonyl (C=O) groups excluding carboxylic acids is 1. The summed E-state index contributed by atoms with van der Waals surface area (Å²) in [6, 6.07) is 10.4.